The fourth-order valence-corrected chi connectivity index (χ4v) is 1.47. The molecular weight excluding hydrogens is 278 g/mol. The Morgan fingerprint density at radius 2 is 1.86 bits per heavy atom. The number of carbonyl (C=O) groups excluding carboxylic acids is 1. The molecule has 0 radical (unpaired) electrons. The van der Waals surface area contributed by atoms with Gasteiger partial charge in [0.1, 0.15) is 5.82 Å². The highest BCUT2D eigenvalue weighted by atomic mass is 19.1. The molecule has 108 valence electrons. The van der Waals surface area contributed by atoms with E-state index in [2.05, 4.69) is 10.5 Å². The summed E-state index contributed by atoms with van der Waals surface area (Å²) in [5.41, 5.74) is 2.86. The lowest BCUT2D eigenvalue weighted by Gasteiger charge is -2.05. The van der Waals surface area contributed by atoms with Crippen molar-refractivity contribution in [3.05, 3.63) is 65.7 Å². The lowest BCUT2D eigenvalue weighted by Crippen LogP contribution is -2.24. The SMILES string of the molecule is O=C(COc1ccccc1F)N/N=C/c1ccc(F)cc1. The van der Waals surface area contributed by atoms with Crippen molar-refractivity contribution in [1.29, 1.82) is 0 Å². The largest absolute Gasteiger partial charge is 0.481 e. The van der Waals surface area contributed by atoms with Gasteiger partial charge < -0.3 is 4.74 Å². The molecule has 1 N–H and O–H groups in total. The molecule has 6 heteroatoms. The molecule has 0 heterocycles. The predicted octanol–water partition coefficient (Wildman–Crippen LogP) is 2.49. The van der Waals surface area contributed by atoms with Crippen molar-refractivity contribution in [3.63, 3.8) is 0 Å². The van der Waals surface area contributed by atoms with Crippen LogP contribution in [0.2, 0.25) is 0 Å². The highest BCUT2D eigenvalue weighted by molar-refractivity contribution is 5.82. The van der Waals surface area contributed by atoms with E-state index in [-0.39, 0.29) is 18.2 Å². The quantitative estimate of drug-likeness (QED) is 0.679. The number of nitrogens with one attached hydrogen (secondary N) is 1. The maximum absolute atomic E-state index is 13.2. The van der Waals surface area contributed by atoms with Gasteiger partial charge in [0.25, 0.3) is 5.91 Å². The number of rotatable bonds is 5. The van der Waals surface area contributed by atoms with E-state index in [9.17, 15) is 13.6 Å². The van der Waals surface area contributed by atoms with Crippen LogP contribution in [0.3, 0.4) is 0 Å². The molecule has 1 amide bonds. The number of amides is 1. The minimum Gasteiger partial charge on any atom is -0.481 e. The Hall–Kier alpha value is -2.76. The summed E-state index contributed by atoms with van der Waals surface area (Å²) in [7, 11) is 0. The van der Waals surface area contributed by atoms with E-state index < -0.39 is 11.7 Å². The summed E-state index contributed by atoms with van der Waals surface area (Å²) in [5, 5.41) is 3.69. The van der Waals surface area contributed by atoms with E-state index in [4.69, 9.17) is 4.74 Å². The normalized spacial score (nSPS) is 10.6. The Labute approximate surface area is 120 Å². The molecule has 0 spiro atoms. The zero-order chi connectivity index (χ0) is 15.1. The van der Waals surface area contributed by atoms with E-state index in [1.165, 1.54) is 48.7 Å². The highest BCUT2D eigenvalue weighted by Crippen LogP contribution is 2.14. The second-order valence-corrected chi connectivity index (χ2v) is 4.06. The van der Waals surface area contributed by atoms with Crippen molar-refractivity contribution >= 4 is 12.1 Å². The average molecular weight is 290 g/mol. The molecule has 2 aromatic carbocycles. The average Bonchev–Trinajstić information content (AvgIpc) is 2.48. The molecule has 4 nitrogen and oxygen atoms in total. The molecule has 0 bridgehead atoms. The molecule has 0 aliphatic rings. The number of benzene rings is 2. The molecule has 2 aromatic rings. The second kappa shape index (κ2) is 7.14. The minimum atomic E-state index is -0.542. The number of para-hydroxylation sites is 1. The van der Waals surface area contributed by atoms with Gasteiger partial charge in [0.15, 0.2) is 18.2 Å². The first kappa shape index (κ1) is 14.6. The van der Waals surface area contributed by atoms with Crippen molar-refractivity contribution in [2.24, 2.45) is 5.10 Å². The van der Waals surface area contributed by atoms with Gasteiger partial charge in [-0.3, -0.25) is 4.79 Å². The van der Waals surface area contributed by atoms with Gasteiger partial charge in [0, 0.05) is 0 Å². The molecule has 0 aromatic heterocycles. The zero-order valence-electron chi connectivity index (χ0n) is 10.9. The van der Waals surface area contributed by atoms with E-state index in [0.29, 0.717) is 5.56 Å². The number of carbonyl (C=O) groups is 1. The Bertz CT molecular complexity index is 642. The molecule has 0 aliphatic heterocycles. The van der Waals surface area contributed by atoms with Crippen LogP contribution < -0.4 is 10.2 Å². The van der Waals surface area contributed by atoms with Crippen LogP contribution in [0.5, 0.6) is 5.75 Å². The van der Waals surface area contributed by atoms with Gasteiger partial charge in [-0.15, -0.1) is 0 Å². The number of ether oxygens (including phenoxy) is 1. The first-order chi connectivity index (χ1) is 10.1. The Morgan fingerprint density at radius 3 is 2.57 bits per heavy atom. The summed E-state index contributed by atoms with van der Waals surface area (Å²) >= 11 is 0. The van der Waals surface area contributed by atoms with Gasteiger partial charge in [-0.1, -0.05) is 24.3 Å². The number of hydrogen-bond acceptors (Lipinski definition) is 3. The predicted molar refractivity (Wildman–Crippen MR) is 74.0 cm³/mol. The van der Waals surface area contributed by atoms with Gasteiger partial charge in [-0.05, 0) is 29.8 Å². The molecule has 0 saturated heterocycles. The first-order valence-electron chi connectivity index (χ1n) is 6.10. The maximum Gasteiger partial charge on any atom is 0.277 e. The summed E-state index contributed by atoms with van der Waals surface area (Å²) in [5.74, 6) is -1.43. The van der Waals surface area contributed by atoms with Gasteiger partial charge in [0.05, 0.1) is 6.21 Å². The topological polar surface area (TPSA) is 50.7 Å². The van der Waals surface area contributed by atoms with Crippen molar-refractivity contribution in [1.82, 2.24) is 5.43 Å². The van der Waals surface area contributed by atoms with Crippen molar-refractivity contribution in [2.75, 3.05) is 6.61 Å². The first-order valence-corrected chi connectivity index (χ1v) is 6.10. The molecule has 2 rings (SSSR count). The lowest BCUT2D eigenvalue weighted by molar-refractivity contribution is -0.123. The molecule has 0 atom stereocenters. The van der Waals surface area contributed by atoms with Crippen LogP contribution in [0.25, 0.3) is 0 Å². The van der Waals surface area contributed by atoms with Crippen molar-refractivity contribution in [2.45, 2.75) is 0 Å². The molecule has 0 saturated carbocycles. The highest BCUT2D eigenvalue weighted by Gasteiger charge is 2.05. The molecule has 0 fully saturated rings. The lowest BCUT2D eigenvalue weighted by atomic mass is 10.2. The molecule has 0 aliphatic carbocycles. The van der Waals surface area contributed by atoms with Crippen LogP contribution >= 0.6 is 0 Å². The van der Waals surface area contributed by atoms with Crippen LogP contribution in [0.1, 0.15) is 5.56 Å². The van der Waals surface area contributed by atoms with Gasteiger partial charge in [-0.2, -0.15) is 5.10 Å². The minimum absolute atomic E-state index is 0.00448. The van der Waals surface area contributed by atoms with E-state index in [0.717, 1.165) is 0 Å². The second-order valence-electron chi connectivity index (χ2n) is 4.06. The monoisotopic (exact) mass is 290 g/mol. The third kappa shape index (κ3) is 4.68. The van der Waals surface area contributed by atoms with Crippen LogP contribution in [0.15, 0.2) is 53.6 Å². The number of hydrogen-bond donors (Lipinski definition) is 1. The van der Waals surface area contributed by atoms with Crippen LogP contribution in [0, 0.1) is 11.6 Å². The summed E-state index contributed by atoms with van der Waals surface area (Å²) in [4.78, 5) is 11.4. The fraction of sp³-hybridized carbons (Fsp3) is 0.0667. The Kier molecular flexibility index (Phi) is 4.98. The number of halogens is 2. The van der Waals surface area contributed by atoms with Crippen LogP contribution in [-0.2, 0) is 4.79 Å². The third-order valence-electron chi connectivity index (χ3n) is 2.47. The summed E-state index contributed by atoms with van der Waals surface area (Å²) in [6, 6.07) is 11.4. The zero-order valence-corrected chi connectivity index (χ0v) is 10.9. The number of hydrazone groups is 1. The van der Waals surface area contributed by atoms with Crippen LogP contribution in [-0.4, -0.2) is 18.7 Å². The van der Waals surface area contributed by atoms with Gasteiger partial charge in [-0.25, -0.2) is 14.2 Å². The molecule has 21 heavy (non-hydrogen) atoms. The van der Waals surface area contributed by atoms with E-state index >= 15 is 0 Å². The summed E-state index contributed by atoms with van der Waals surface area (Å²) < 4.78 is 30.9. The summed E-state index contributed by atoms with van der Waals surface area (Å²) in [6.45, 7) is -0.359. The standard InChI is InChI=1S/C15H12F2N2O2/c16-12-7-5-11(6-8-12)9-18-19-15(20)10-21-14-4-2-1-3-13(14)17/h1-9H,10H2,(H,19,20)/b18-9+. The number of nitrogens with zero attached hydrogens (tertiary/aromatic N) is 1. The fourth-order valence-electron chi connectivity index (χ4n) is 1.47. The van der Waals surface area contributed by atoms with Crippen LogP contribution in [0.4, 0.5) is 8.78 Å². The van der Waals surface area contributed by atoms with Gasteiger partial charge in [0.2, 0.25) is 0 Å². The Morgan fingerprint density at radius 1 is 1.14 bits per heavy atom. The smallest absolute Gasteiger partial charge is 0.277 e. The van der Waals surface area contributed by atoms with E-state index in [1.54, 1.807) is 6.07 Å². The molecular formula is C15H12F2N2O2. The third-order valence-corrected chi connectivity index (χ3v) is 2.47. The Balaban J connectivity index is 1.80. The van der Waals surface area contributed by atoms with Crippen molar-refractivity contribution < 1.29 is 18.3 Å². The van der Waals surface area contributed by atoms with Gasteiger partial charge >= 0.3 is 0 Å². The van der Waals surface area contributed by atoms with E-state index in [1.807, 2.05) is 0 Å². The molecule has 0 unspecified atom stereocenters. The summed E-state index contributed by atoms with van der Waals surface area (Å²) in [6.07, 6.45) is 1.36. The van der Waals surface area contributed by atoms with Crippen molar-refractivity contribution in [3.8, 4) is 5.75 Å². The maximum atomic E-state index is 13.2.